The Kier molecular flexibility index (Phi) is 6.87. The predicted molar refractivity (Wildman–Crippen MR) is 101 cm³/mol. The van der Waals surface area contributed by atoms with Crippen LogP contribution in [0.25, 0.3) is 0 Å². The van der Waals surface area contributed by atoms with Gasteiger partial charge in [-0.05, 0) is 43.5 Å². The first-order valence-electron chi connectivity index (χ1n) is 8.85. The summed E-state index contributed by atoms with van der Waals surface area (Å²) in [6, 6.07) is 5.99. The summed E-state index contributed by atoms with van der Waals surface area (Å²) >= 11 is 0. The van der Waals surface area contributed by atoms with Gasteiger partial charge in [0.2, 0.25) is 20.0 Å². The highest BCUT2D eigenvalue weighted by molar-refractivity contribution is 7.92. The van der Waals surface area contributed by atoms with E-state index < -0.39 is 20.0 Å². The fourth-order valence-electron chi connectivity index (χ4n) is 3.07. The lowest BCUT2D eigenvalue weighted by atomic mass is 9.96. The van der Waals surface area contributed by atoms with Gasteiger partial charge in [-0.15, -0.1) is 0 Å². The Morgan fingerprint density at radius 2 is 1.64 bits per heavy atom. The monoisotopic (exact) mass is 388 g/mol. The zero-order chi connectivity index (χ0) is 18.5. The lowest BCUT2D eigenvalue weighted by Gasteiger charge is -2.30. The van der Waals surface area contributed by atoms with E-state index in [9.17, 15) is 16.8 Å². The molecule has 0 aliphatic heterocycles. The molecule has 0 atom stereocenters. The summed E-state index contributed by atoms with van der Waals surface area (Å²) in [4.78, 5) is 0.192. The van der Waals surface area contributed by atoms with Gasteiger partial charge in [-0.25, -0.2) is 16.8 Å². The molecule has 2 rings (SSSR count). The normalized spacial score (nSPS) is 16.9. The van der Waals surface area contributed by atoms with Crippen LogP contribution >= 0.6 is 0 Å². The number of nitrogens with zero attached hydrogens (tertiary/aromatic N) is 1. The third-order valence-electron chi connectivity index (χ3n) is 4.66. The predicted octanol–water partition coefficient (Wildman–Crippen LogP) is 3.18. The average molecular weight is 389 g/mol. The summed E-state index contributed by atoms with van der Waals surface area (Å²) < 4.78 is 53.3. The minimum Gasteiger partial charge on any atom is -0.284 e. The molecule has 0 spiro atoms. The Bertz CT molecular complexity index is 752. The summed E-state index contributed by atoms with van der Waals surface area (Å²) in [6.45, 7) is 1.93. The molecule has 0 amide bonds. The molecule has 1 N–H and O–H groups in total. The van der Waals surface area contributed by atoms with Crippen LogP contribution in [0.3, 0.4) is 0 Å². The molecule has 0 bridgehead atoms. The van der Waals surface area contributed by atoms with E-state index in [1.54, 1.807) is 7.05 Å². The van der Waals surface area contributed by atoms with Crippen LogP contribution in [0.5, 0.6) is 0 Å². The van der Waals surface area contributed by atoms with E-state index in [2.05, 4.69) is 4.72 Å². The van der Waals surface area contributed by atoms with E-state index in [-0.39, 0.29) is 16.7 Å². The van der Waals surface area contributed by atoms with Crippen LogP contribution < -0.4 is 4.72 Å². The van der Waals surface area contributed by atoms with Crippen molar-refractivity contribution in [1.29, 1.82) is 0 Å². The SMILES string of the molecule is CCCCS(=O)(=O)Nc1ccc(S(=O)(=O)N(C)C2CCCCC2)cc1. The second kappa shape index (κ2) is 8.51. The maximum absolute atomic E-state index is 12.8. The number of nitrogens with one attached hydrogen (secondary N) is 1. The molecule has 1 aromatic rings. The molecule has 0 unspecified atom stereocenters. The van der Waals surface area contributed by atoms with E-state index in [1.807, 2.05) is 6.92 Å². The standard InChI is InChI=1S/C17H28N2O4S2/c1-3-4-14-24(20,21)18-15-10-12-17(13-11-15)25(22,23)19(2)16-8-6-5-7-9-16/h10-13,16,18H,3-9,14H2,1-2H3. The van der Waals surface area contributed by atoms with Crippen molar-refractivity contribution in [3.05, 3.63) is 24.3 Å². The molecule has 142 valence electrons. The first-order valence-corrected chi connectivity index (χ1v) is 11.9. The molecule has 25 heavy (non-hydrogen) atoms. The molecule has 1 fully saturated rings. The van der Waals surface area contributed by atoms with Crippen molar-refractivity contribution in [2.75, 3.05) is 17.5 Å². The molecule has 1 aromatic carbocycles. The zero-order valence-electron chi connectivity index (χ0n) is 14.9. The molecular formula is C17H28N2O4S2. The van der Waals surface area contributed by atoms with E-state index in [4.69, 9.17) is 0 Å². The fourth-order valence-corrected chi connectivity index (χ4v) is 5.75. The molecule has 0 saturated heterocycles. The number of hydrogen-bond acceptors (Lipinski definition) is 4. The zero-order valence-corrected chi connectivity index (χ0v) is 16.6. The number of unbranched alkanes of at least 4 members (excludes halogenated alkanes) is 1. The smallest absolute Gasteiger partial charge is 0.243 e. The van der Waals surface area contributed by atoms with Gasteiger partial charge in [0.25, 0.3) is 0 Å². The minimum atomic E-state index is -3.56. The van der Waals surface area contributed by atoms with Crippen molar-refractivity contribution in [3.63, 3.8) is 0 Å². The number of anilines is 1. The average Bonchev–Trinajstić information content (AvgIpc) is 2.60. The van der Waals surface area contributed by atoms with Gasteiger partial charge in [0, 0.05) is 18.8 Å². The van der Waals surface area contributed by atoms with E-state index >= 15 is 0 Å². The van der Waals surface area contributed by atoms with E-state index in [0.29, 0.717) is 12.1 Å². The topological polar surface area (TPSA) is 83.5 Å². The maximum Gasteiger partial charge on any atom is 0.243 e. The number of hydrogen-bond donors (Lipinski definition) is 1. The van der Waals surface area contributed by atoms with Crippen LogP contribution in [0.2, 0.25) is 0 Å². The molecule has 0 heterocycles. The quantitative estimate of drug-likeness (QED) is 0.741. The number of sulfonamides is 2. The lowest BCUT2D eigenvalue weighted by Crippen LogP contribution is -2.38. The highest BCUT2D eigenvalue weighted by atomic mass is 32.2. The molecular weight excluding hydrogens is 360 g/mol. The summed E-state index contributed by atoms with van der Waals surface area (Å²) in [7, 11) is -5.31. The second-order valence-electron chi connectivity index (χ2n) is 6.61. The third-order valence-corrected chi connectivity index (χ3v) is 7.96. The van der Waals surface area contributed by atoms with Crippen LogP contribution in [0.4, 0.5) is 5.69 Å². The van der Waals surface area contributed by atoms with Crippen molar-refractivity contribution in [2.45, 2.75) is 62.8 Å². The van der Waals surface area contributed by atoms with Crippen LogP contribution in [0.1, 0.15) is 51.9 Å². The van der Waals surface area contributed by atoms with Gasteiger partial charge in [0.1, 0.15) is 0 Å². The Balaban J connectivity index is 2.10. The Hall–Kier alpha value is -1.12. The number of rotatable bonds is 8. The van der Waals surface area contributed by atoms with Crippen molar-refractivity contribution < 1.29 is 16.8 Å². The third kappa shape index (κ3) is 5.43. The van der Waals surface area contributed by atoms with Gasteiger partial charge in [-0.3, -0.25) is 4.72 Å². The fraction of sp³-hybridized carbons (Fsp3) is 0.647. The molecule has 1 aliphatic rings. The van der Waals surface area contributed by atoms with Crippen LogP contribution in [-0.4, -0.2) is 40.0 Å². The summed E-state index contributed by atoms with van der Waals surface area (Å²) in [5.74, 6) is 0.0635. The Morgan fingerprint density at radius 3 is 2.20 bits per heavy atom. The Labute approximate surface area is 151 Å². The van der Waals surface area contributed by atoms with Gasteiger partial charge in [0.15, 0.2) is 0 Å². The molecule has 0 aromatic heterocycles. The van der Waals surface area contributed by atoms with Crippen LogP contribution in [-0.2, 0) is 20.0 Å². The lowest BCUT2D eigenvalue weighted by molar-refractivity contribution is 0.286. The first kappa shape index (κ1) is 20.2. The maximum atomic E-state index is 12.8. The molecule has 1 aliphatic carbocycles. The van der Waals surface area contributed by atoms with Crippen molar-refractivity contribution in [2.24, 2.45) is 0 Å². The minimum absolute atomic E-state index is 0.0472. The Morgan fingerprint density at radius 1 is 1.04 bits per heavy atom. The van der Waals surface area contributed by atoms with Crippen molar-refractivity contribution >= 4 is 25.7 Å². The van der Waals surface area contributed by atoms with Crippen molar-refractivity contribution in [1.82, 2.24) is 4.31 Å². The van der Waals surface area contributed by atoms with E-state index in [0.717, 1.165) is 38.5 Å². The van der Waals surface area contributed by atoms with Crippen LogP contribution in [0, 0.1) is 0 Å². The van der Waals surface area contributed by atoms with Gasteiger partial charge in [-0.1, -0.05) is 32.6 Å². The second-order valence-corrected chi connectivity index (χ2v) is 10.5. The largest absolute Gasteiger partial charge is 0.284 e. The highest BCUT2D eigenvalue weighted by Crippen LogP contribution is 2.27. The van der Waals surface area contributed by atoms with Gasteiger partial charge < -0.3 is 0 Å². The summed E-state index contributed by atoms with van der Waals surface area (Å²) in [5.41, 5.74) is 0.385. The highest BCUT2D eigenvalue weighted by Gasteiger charge is 2.28. The van der Waals surface area contributed by atoms with Gasteiger partial charge >= 0.3 is 0 Å². The van der Waals surface area contributed by atoms with Crippen LogP contribution in [0.15, 0.2) is 29.2 Å². The van der Waals surface area contributed by atoms with Crippen molar-refractivity contribution in [3.8, 4) is 0 Å². The molecule has 6 nitrogen and oxygen atoms in total. The molecule has 8 heteroatoms. The number of benzene rings is 1. The van der Waals surface area contributed by atoms with Gasteiger partial charge in [-0.2, -0.15) is 4.31 Å². The molecule has 0 radical (unpaired) electrons. The summed E-state index contributed by atoms with van der Waals surface area (Å²) in [5, 5.41) is 0. The first-order chi connectivity index (χ1) is 11.8. The van der Waals surface area contributed by atoms with Gasteiger partial charge in [0.05, 0.1) is 10.6 Å². The summed E-state index contributed by atoms with van der Waals surface area (Å²) in [6.07, 6.45) is 6.46. The van der Waals surface area contributed by atoms with E-state index in [1.165, 1.54) is 28.6 Å². The molecule has 1 saturated carbocycles.